The average molecular weight is 403 g/mol. The molecule has 1 aliphatic rings. The molecule has 0 saturated heterocycles. The standard InChI is InChI=1S/C19H21N3O5S/c1-20-28(25,26)15-8-6-14(7-9-15)12-21-18(23)10-11-22-16-4-2-3-5-17(16)27-13-19(22)24/h2-9,20H,10-13H2,1H3,(H,21,23). The zero-order valence-corrected chi connectivity index (χ0v) is 16.2. The maximum atomic E-state index is 12.2. The van der Waals surface area contributed by atoms with Crippen LogP contribution in [-0.4, -0.2) is 40.4 Å². The molecule has 3 rings (SSSR count). The van der Waals surface area contributed by atoms with E-state index in [-0.39, 0.29) is 42.8 Å². The van der Waals surface area contributed by atoms with Gasteiger partial charge in [0.05, 0.1) is 10.6 Å². The summed E-state index contributed by atoms with van der Waals surface area (Å²) in [5.41, 5.74) is 1.43. The minimum atomic E-state index is -3.48. The van der Waals surface area contributed by atoms with Crippen LogP contribution in [0.25, 0.3) is 0 Å². The monoisotopic (exact) mass is 403 g/mol. The normalized spacial score (nSPS) is 13.6. The lowest BCUT2D eigenvalue weighted by Gasteiger charge is -2.29. The minimum Gasteiger partial charge on any atom is -0.482 e. The highest BCUT2D eigenvalue weighted by Gasteiger charge is 2.25. The van der Waals surface area contributed by atoms with Crippen molar-refractivity contribution in [1.82, 2.24) is 10.0 Å². The number of fused-ring (bicyclic) bond motifs is 1. The van der Waals surface area contributed by atoms with Gasteiger partial charge in [-0.1, -0.05) is 24.3 Å². The molecule has 28 heavy (non-hydrogen) atoms. The lowest BCUT2D eigenvalue weighted by atomic mass is 10.2. The molecule has 2 aromatic rings. The van der Waals surface area contributed by atoms with Gasteiger partial charge in [-0.25, -0.2) is 13.1 Å². The molecule has 1 aliphatic heterocycles. The molecule has 2 N–H and O–H groups in total. The molecular weight excluding hydrogens is 382 g/mol. The van der Waals surface area contributed by atoms with Gasteiger partial charge in [0.2, 0.25) is 15.9 Å². The maximum absolute atomic E-state index is 12.2. The SMILES string of the molecule is CNS(=O)(=O)c1ccc(CNC(=O)CCN2C(=O)COc3ccccc32)cc1. The Kier molecular flexibility index (Phi) is 5.96. The molecule has 2 aromatic carbocycles. The Morgan fingerprint density at radius 2 is 1.86 bits per heavy atom. The highest BCUT2D eigenvalue weighted by Crippen LogP contribution is 2.31. The number of ether oxygens (including phenoxy) is 1. The number of nitrogens with zero attached hydrogens (tertiary/aromatic N) is 1. The van der Waals surface area contributed by atoms with E-state index in [1.807, 2.05) is 12.1 Å². The van der Waals surface area contributed by atoms with Crippen molar-refractivity contribution in [1.29, 1.82) is 0 Å². The molecule has 0 aliphatic carbocycles. The molecule has 2 amide bonds. The second kappa shape index (κ2) is 8.41. The fourth-order valence-corrected chi connectivity index (χ4v) is 3.54. The van der Waals surface area contributed by atoms with E-state index < -0.39 is 10.0 Å². The summed E-state index contributed by atoms with van der Waals surface area (Å²) in [5, 5.41) is 2.78. The van der Waals surface area contributed by atoms with Crippen LogP contribution in [-0.2, 0) is 26.2 Å². The smallest absolute Gasteiger partial charge is 0.265 e. The highest BCUT2D eigenvalue weighted by atomic mass is 32.2. The number of hydrogen-bond acceptors (Lipinski definition) is 5. The molecule has 0 radical (unpaired) electrons. The first-order chi connectivity index (χ1) is 13.4. The average Bonchev–Trinajstić information content (AvgIpc) is 2.71. The third-order valence-electron chi connectivity index (χ3n) is 4.36. The highest BCUT2D eigenvalue weighted by molar-refractivity contribution is 7.89. The van der Waals surface area contributed by atoms with E-state index in [9.17, 15) is 18.0 Å². The van der Waals surface area contributed by atoms with Crippen LogP contribution < -0.4 is 19.7 Å². The number of sulfonamides is 1. The number of nitrogens with one attached hydrogen (secondary N) is 2. The Morgan fingerprint density at radius 3 is 2.57 bits per heavy atom. The predicted molar refractivity (Wildman–Crippen MR) is 103 cm³/mol. The summed E-state index contributed by atoms with van der Waals surface area (Å²) in [6.45, 7) is 0.483. The number of anilines is 1. The van der Waals surface area contributed by atoms with E-state index in [1.54, 1.807) is 29.2 Å². The van der Waals surface area contributed by atoms with Crippen molar-refractivity contribution in [2.24, 2.45) is 0 Å². The number of hydrogen-bond donors (Lipinski definition) is 2. The van der Waals surface area contributed by atoms with Gasteiger partial charge in [0.1, 0.15) is 5.75 Å². The van der Waals surface area contributed by atoms with Crippen molar-refractivity contribution >= 4 is 27.5 Å². The molecule has 0 unspecified atom stereocenters. The van der Waals surface area contributed by atoms with Crippen molar-refractivity contribution in [3.8, 4) is 5.75 Å². The third kappa shape index (κ3) is 4.49. The molecule has 8 nitrogen and oxygen atoms in total. The van der Waals surface area contributed by atoms with Crippen LogP contribution in [0.3, 0.4) is 0 Å². The zero-order chi connectivity index (χ0) is 20.1. The molecule has 0 fully saturated rings. The third-order valence-corrected chi connectivity index (χ3v) is 5.79. The first kappa shape index (κ1) is 19.8. The summed E-state index contributed by atoms with van der Waals surface area (Å²) < 4.78 is 31.0. The van der Waals surface area contributed by atoms with Crippen LogP contribution in [0.15, 0.2) is 53.4 Å². The molecular formula is C19H21N3O5S. The second-order valence-corrected chi connectivity index (χ2v) is 8.07. The van der Waals surface area contributed by atoms with Gasteiger partial charge in [0.25, 0.3) is 5.91 Å². The lowest BCUT2D eigenvalue weighted by Crippen LogP contribution is -2.41. The van der Waals surface area contributed by atoms with E-state index >= 15 is 0 Å². The van der Waals surface area contributed by atoms with Crippen molar-refractivity contribution in [2.45, 2.75) is 17.9 Å². The molecule has 1 heterocycles. The molecule has 0 spiro atoms. The van der Waals surface area contributed by atoms with E-state index in [4.69, 9.17) is 4.74 Å². The first-order valence-electron chi connectivity index (χ1n) is 8.72. The Bertz CT molecular complexity index is 973. The summed E-state index contributed by atoms with van der Waals surface area (Å²) >= 11 is 0. The molecule has 9 heteroatoms. The predicted octanol–water partition coefficient (Wildman–Crippen LogP) is 1.03. The van der Waals surface area contributed by atoms with Gasteiger partial charge in [-0.3, -0.25) is 9.59 Å². The second-order valence-electron chi connectivity index (χ2n) is 6.18. The van der Waals surface area contributed by atoms with Crippen LogP contribution in [0.2, 0.25) is 0 Å². The van der Waals surface area contributed by atoms with Crippen LogP contribution in [0, 0.1) is 0 Å². The van der Waals surface area contributed by atoms with Gasteiger partial charge < -0.3 is 15.0 Å². The van der Waals surface area contributed by atoms with E-state index in [0.717, 1.165) is 5.56 Å². The van der Waals surface area contributed by atoms with Gasteiger partial charge >= 0.3 is 0 Å². The van der Waals surface area contributed by atoms with Gasteiger partial charge in [-0.2, -0.15) is 0 Å². The van der Waals surface area contributed by atoms with Gasteiger partial charge in [0, 0.05) is 19.5 Å². The number of carbonyl (C=O) groups excluding carboxylic acids is 2. The van der Waals surface area contributed by atoms with Crippen LogP contribution in [0.1, 0.15) is 12.0 Å². The maximum Gasteiger partial charge on any atom is 0.265 e. The van der Waals surface area contributed by atoms with Gasteiger partial charge in [-0.15, -0.1) is 0 Å². The molecule has 148 valence electrons. The molecule has 0 atom stereocenters. The topological polar surface area (TPSA) is 105 Å². The number of carbonyl (C=O) groups is 2. The lowest BCUT2D eigenvalue weighted by molar-refractivity contribution is -0.122. The Morgan fingerprint density at radius 1 is 1.14 bits per heavy atom. The summed E-state index contributed by atoms with van der Waals surface area (Å²) in [4.78, 5) is 26.0. The summed E-state index contributed by atoms with van der Waals surface area (Å²) in [6, 6.07) is 13.5. The van der Waals surface area contributed by atoms with Crippen LogP contribution in [0.5, 0.6) is 5.75 Å². The van der Waals surface area contributed by atoms with Crippen molar-refractivity contribution < 1.29 is 22.7 Å². The number of amides is 2. The Hall–Kier alpha value is -2.91. The van der Waals surface area contributed by atoms with E-state index in [2.05, 4.69) is 10.0 Å². The van der Waals surface area contributed by atoms with Crippen LogP contribution in [0.4, 0.5) is 5.69 Å². The number of benzene rings is 2. The summed E-state index contributed by atoms with van der Waals surface area (Å²) in [5.74, 6) is 0.232. The zero-order valence-electron chi connectivity index (χ0n) is 15.3. The first-order valence-corrected chi connectivity index (χ1v) is 10.2. The number of para-hydroxylation sites is 2. The fourth-order valence-electron chi connectivity index (χ4n) is 2.81. The number of rotatable bonds is 7. The van der Waals surface area contributed by atoms with Crippen molar-refractivity contribution in [3.05, 3.63) is 54.1 Å². The minimum absolute atomic E-state index is 0.0412. The fraction of sp³-hybridized carbons (Fsp3) is 0.263. The van der Waals surface area contributed by atoms with Crippen molar-refractivity contribution in [3.63, 3.8) is 0 Å². The van der Waals surface area contributed by atoms with E-state index in [0.29, 0.717) is 11.4 Å². The Balaban J connectivity index is 1.53. The Labute approximate surface area is 163 Å². The summed E-state index contributed by atoms with van der Waals surface area (Å²) in [7, 11) is -2.13. The van der Waals surface area contributed by atoms with Gasteiger partial charge in [0.15, 0.2) is 6.61 Å². The quantitative estimate of drug-likeness (QED) is 0.718. The summed E-state index contributed by atoms with van der Waals surface area (Å²) in [6.07, 6.45) is 0.145. The molecule has 0 saturated carbocycles. The molecule has 0 bridgehead atoms. The van der Waals surface area contributed by atoms with Crippen molar-refractivity contribution in [2.75, 3.05) is 25.1 Å². The van der Waals surface area contributed by atoms with Crippen LogP contribution >= 0.6 is 0 Å². The van der Waals surface area contributed by atoms with E-state index in [1.165, 1.54) is 19.2 Å². The molecule has 0 aromatic heterocycles. The largest absolute Gasteiger partial charge is 0.482 e. The van der Waals surface area contributed by atoms with Gasteiger partial charge in [-0.05, 0) is 36.9 Å².